The molecule has 0 bridgehead atoms. The Kier molecular flexibility index (Phi) is 4.87. The number of nitrogens with two attached hydrogens (primary N) is 1. The molecule has 0 radical (unpaired) electrons. The molecule has 1 amide bonds. The van der Waals surface area contributed by atoms with Crippen molar-refractivity contribution in [3.8, 4) is 0 Å². The van der Waals surface area contributed by atoms with Gasteiger partial charge in [-0.2, -0.15) is 0 Å². The lowest BCUT2D eigenvalue weighted by Gasteiger charge is -2.28. The van der Waals surface area contributed by atoms with Crippen LogP contribution in [0, 0.1) is 17.8 Å². The molecule has 2 saturated carbocycles. The second-order valence-corrected chi connectivity index (χ2v) is 5.66. The zero-order chi connectivity index (χ0) is 15.2. The number of hydrogen-bond donors (Lipinski definition) is 5. The van der Waals surface area contributed by atoms with Crippen LogP contribution in [0.5, 0.6) is 0 Å². The predicted octanol–water partition coefficient (Wildman–Crippen LogP) is -1.20. The van der Waals surface area contributed by atoms with Gasteiger partial charge in [0.15, 0.2) is 6.04 Å². The molecule has 8 nitrogen and oxygen atoms in total. The van der Waals surface area contributed by atoms with Crippen LogP contribution in [0.15, 0.2) is 0 Å². The first-order chi connectivity index (χ1) is 9.20. The number of aliphatic hydroxyl groups excluding tert-OH is 1. The maximum absolute atomic E-state index is 12.2. The Hall–Kier alpha value is -1.38. The number of hydrogen-bond acceptors (Lipinski definition) is 5. The molecule has 2 aliphatic rings. The minimum absolute atomic E-state index is 0. The number of aliphatic hydroxyl groups is 1. The van der Waals surface area contributed by atoms with Crippen molar-refractivity contribution >= 4 is 30.3 Å². The molecule has 0 aromatic heterocycles. The number of carboxylic acid groups (broad SMARTS) is 2. The van der Waals surface area contributed by atoms with Gasteiger partial charge in [0.05, 0.1) is 17.6 Å². The van der Waals surface area contributed by atoms with E-state index in [0.29, 0.717) is 12.8 Å². The molecule has 6 atom stereocenters. The highest BCUT2D eigenvalue weighted by Crippen LogP contribution is 2.61. The highest BCUT2D eigenvalue weighted by molar-refractivity contribution is 5.93. The summed E-state index contributed by atoms with van der Waals surface area (Å²) in [5.74, 6) is -4.25. The molecule has 120 valence electrons. The maximum Gasteiger partial charge on any atom is 0.328 e. The van der Waals surface area contributed by atoms with Crippen LogP contribution in [-0.2, 0) is 14.4 Å². The summed E-state index contributed by atoms with van der Waals surface area (Å²) < 4.78 is 0. The summed E-state index contributed by atoms with van der Waals surface area (Å²) in [6, 6.07) is -1.45. The van der Waals surface area contributed by atoms with Crippen molar-refractivity contribution in [3.05, 3.63) is 0 Å². The average Bonchev–Trinajstić information content (AvgIpc) is 2.98. The molecule has 2 fully saturated rings. The van der Waals surface area contributed by atoms with Gasteiger partial charge in [-0.15, -0.1) is 12.4 Å². The fraction of sp³-hybridized carbons (Fsp3) is 0.750. The predicted molar refractivity (Wildman–Crippen MR) is 72.8 cm³/mol. The smallest absolute Gasteiger partial charge is 0.328 e. The van der Waals surface area contributed by atoms with Crippen molar-refractivity contribution in [1.29, 1.82) is 0 Å². The Morgan fingerprint density at radius 1 is 1.33 bits per heavy atom. The number of carbonyl (C=O) groups excluding carboxylic acids is 1. The molecule has 21 heavy (non-hydrogen) atoms. The van der Waals surface area contributed by atoms with Crippen LogP contribution in [0.25, 0.3) is 0 Å². The van der Waals surface area contributed by atoms with Gasteiger partial charge < -0.3 is 26.4 Å². The van der Waals surface area contributed by atoms with Crippen molar-refractivity contribution in [2.45, 2.75) is 37.5 Å². The van der Waals surface area contributed by atoms with Crippen molar-refractivity contribution < 1.29 is 29.7 Å². The van der Waals surface area contributed by atoms with Crippen LogP contribution in [0.3, 0.4) is 0 Å². The molecule has 6 N–H and O–H groups in total. The zero-order valence-electron chi connectivity index (χ0n) is 11.4. The summed E-state index contributed by atoms with van der Waals surface area (Å²) in [5.41, 5.74) is 4.65. The molecular weight excluding hydrogens is 304 g/mol. The summed E-state index contributed by atoms with van der Waals surface area (Å²) in [7, 11) is 0. The number of fused-ring (bicyclic) bond motifs is 1. The number of carboxylic acids is 2. The second-order valence-electron chi connectivity index (χ2n) is 5.66. The molecule has 9 heteroatoms. The van der Waals surface area contributed by atoms with Gasteiger partial charge in [-0.3, -0.25) is 9.59 Å². The largest absolute Gasteiger partial charge is 0.481 e. The van der Waals surface area contributed by atoms with E-state index in [0.717, 1.165) is 0 Å². The Balaban J connectivity index is 0.00000220. The van der Waals surface area contributed by atoms with Crippen molar-refractivity contribution in [1.82, 2.24) is 5.32 Å². The van der Waals surface area contributed by atoms with Gasteiger partial charge in [0.2, 0.25) is 5.91 Å². The van der Waals surface area contributed by atoms with Crippen molar-refractivity contribution in [3.63, 3.8) is 0 Å². The maximum atomic E-state index is 12.2. The Labute approximate surface area is 127 Å². The first kappa shape index (κ1) is 17.7. The third-order valence-corrected chi connectivity index (χ3v) is 4.40. The zero-order valence-corrected chi connectivity index (χ0v) is 12.2. The van der Waals surface area contributed by atoms with Gasteiger partial charge in [0.1, 0.15) is 0 Å². The third kappa shape index (κ3) is 2.83. The lowest BCUT2D eigenvalue weighted by atomic mass is 9.90. The van der Waals surface area contributed by atoms with E-state index in [-0.39, 0.29) is 18.3 Å². The lowest BCUT2D eigenvalue weighted by molar-refractivity contribution is -0.146. The van der Waals surface area contributed by atoms with E-state index in [4.69, 9.17) is 15.9 Å². The van der Waals surface area contributed by atoms with Crippen LogP contribution in [0.4, 0.5) is 0 Å². The Morgan fingerprint density at radius 3 is 2.29 bits per heavy atom. The number of carbonyl (C=O) groups is 3. The number of halogens is 1. The first-order valence-electron chi connectivity index (χ1n) is 6.43. The average molecular weight is 323 g/mol. The number of aliphatic carboxylic acids is 2. The summed E-state index contributed by atoms with van der Waals surface area (Å²) in [4.78, 5) is 34.1. The van der Waals surface area contributed by atoms with Crippen LogP contribution < -0.4 is 11.1 Å². The van der Waals surface area contributed by atoms with E-state index in [1.807, 2.05) is 0 Å². The molecule has 2 aliphatic carbocycles. The summed E-state index contributed by atoms with van der Waals surface area (Å²) in [6.07, 6.45) is -0.408. The highest BCUT2D eigenvalue weighted by atomic mass is 35.5. The van der Waals surface area contributed by atoms with Crippen molar-refractivity contribution in [2.24, 2.45) is 23.5 Å². The minimum atomic E-state index is -1.45. The van der Waals surface area contributed by atoms with Crippen molar-refractivity contribution in [2.75, 3.05) is 0 Å². The fourth-order valence-electron chi connectivity index (χ4n) is 3.27. The monoisotopic (exact) mass is 322 g/mol. The molecule has 0 heterocycles. The molecule has 0 aromatic carbocycles. The van der Waals surface area contributed by atoms with Gasteiger partial charge in [-0.1, -0.05) is 0 Å². The normalized spacial score (nSPS) is 35.9. The van der Waals surface area contributed by atoms with Crippen LogP contribution in [-0.4, -0.2) is 50.9 Å². The molecular formula is C12H19ClN2O6. The second kappa shape index (κ2) is 5.78. The van der Waals surface area contributed by atoms with Crippen LogP contribution in [0.2, 0.25) is 0 Å². The molecule has 0 aromatic rings. The SMILES string of the molecule is C[C@@H](O)[C@H](NC(=O)[C@]1(N)CC[C@H]2[C@H](C(=O)O)[C@H]21)C(=O)O.Cl. The first-order valence-corrected chi connectivity index (χ1v) is 6.43. The van der Waals surface area contributed by atoms with Gasteiger partial charge in [0.25, 0.3) is 0 Å². The van der Waals surface area contributed by atoms with Gasteiger partial charge in [-0.25, -0.2) is 4.79 Å². The lowest BCUT2D eigenvalue weighted by Crippen LogP contribution is -2.60. The van der Waals surface area contributed by atoms with Gasteiger partial charge in [0, 0.05) is 5.92 Å². The number of rotatable bonds is 5. The number of nitrogens with one attached hydrogen (secondary N) is 1. The van der Waals surface area contributed by atoms with Gasteiger partial charge >= 0.3 is 11.9 Å². The summed E-state index contributed by atoms with van der Waals surface area (Å²) in [5, 5.41) is 29.5. The fourth-order valence-corrected chi connectivity index (χ4v) is 3.27. The van der Waals surface area contributed by atoms with E-state index in [1.54, 1.807) is 0 Å². The molecule has 0 unspecified atom stereocenters. The standard InChI is InChI=1S/C12H18N2O6.ClH/c1-4(15)8(10(18)19)14-11(20)12(13)3-2-5-6(7(5)12)9(16)17;/h4-8,15H,2-3,13H2,1H3,(H,14,20)(H,16,17)(H,18,19);1H/t4-,5+,6+,7+,8+,12+;/m1./s1. The van der Waals surface area contributed by atoms with Gasteiger partial charge in [-0.05, 0) is 25.7 Å². The minimum Gasteiger partial charge on any atom is -0.481 e. The molecule has 0 saturated heterocycles. The quantitative estimate of drug-likeness (QED) is 0.426. The highest BCUT2D eigenvalue weighted by Gasteiger charge is 2.69. The van der Waals surface area contributed by atoms with Crippen LogP contribution >= 0.6 is 12.4 Å². The molecule has 2 rings (SSSR count). The van der Waals surface area contributed by atoms with E-state index in [2.05, 4.69) is 5.32 Å². The molecule has 0 spiro atoms. The summed E-state index contributed by atoms with van der Waals surface area (Å²) in [6.45, 7) is 1.25. The van der Waals surface area contributed by atoms with E-state index in [1.165, 1.54) is 6.92 Å². The van der Waals surface area contributed by atoms with Crippen LogP contribution in [0.1, 0.15) is 19.8 Å². The Bertz CT molecular complexity index is 471. The molecule has 0 aliphatic heterocycles. The third-order valence-electron chi connectivity index (χ3n) is 4.40. The topological polar surface area (TPSA) is 150 Å². The Morgan fingerprint density at radius 2 is 1.90 bits per heavy atom. The van der Waals surface area contributed by atoms with E-state index >= 15 is 0 Å². The van der Waals surface area contributed by atoms with E-state index in [9.17, 15) is 19.5 Å². The summed E-state index contributed by atoms with van der Waals surface area (Å²) >= 11 is 0. The van der Waals surface area contributed by atoms with E-state index < -0.39 is 47.4 Å². The number of amides is 1.